The SMILES string of the molecule is C.CCOC(=O)c1cnc(N)c2c(COc3cc(C)cc(OCc4cc(F)cc(F)c4)c3)csc12. The lowest BCUT2D eigenvalue weighted by Crippen LogP contribution is -2.06. The Morgan fingerprint density at radius 3 is 2.34 bits per heavy atom. The van der Waals surface area contributed by atoms with Crippen LogP contribution in [0, 0.1) is 18.6 Å². The van der Waals surface area contributed by atoms with Crippen molar-refractivity contribution in [3.8, 4) is 11.5 Å². The number of thiophene rings is 1. The van der Waals surface area contributed by atoms with Crippen LogP contribution in [-0.2, 0) is 18.0 Å². The Bertz CT molecular complexity index is 1340. The van der Waals surface area contributed by atoms with Gasteiger partial charge in [0.05, 0.1) is 16.9 Å². The Labute approximate surface area is 206 Å². The van der Waals surface area contributed by atoms with Crippen LogP contribution in [0.4, 0.5) is 14.6 Å². The number of nitrogens with zero attached hydrogens (tertiary/aromatic N) is 1. The van der Waals surface area contributed by atoms with Crippen molar-refractivity contribution in [3.05, 3.63) is 81.9 Å². The lowest BCUT2D eigenvalue weighted by atomic mass is 10.1. The highest BCUT2D eigenvalue weighted by Crippen LogP contribution is 2.34. The lowest BCUT2D eigenvalue weighted by Gasteiger charge is -2.12. The first-order chi connectivity index (χ1) is 16.3. The summed E-state index contributed by atoms with van der Waals surface area (Å²) in [5, 5.41) is 2.53. The highest BCUT2D eigenvalue weighted by molar-refractivity contribution is 7.17. The second kappa shape index (κ2) is 11.1. The molecule has 0 aliphatic heterocycles. The molecule has 4 aromatic rings. The summed E-state index contributed by atoms with van der Waals surface area (Å²) in [6.45, 7) is 4.08. The summed E-state index contributed by atoms with van der Waals surface area (Å²) < 4.78 is 44.3. The number of esters is 1. The van der Waals surface area contributed by atoms with Crippen molar-refractivity contribution in [2.45, 2.75) is 34.5 Å². The number of hydrogen-bond donors (Lipinski definition) is 1. The smallest absolute Gasteiger partial charge is 0.341 e. The molecule has 0 amide bonds. The van der Waals surface area contributed by atoms with E-state index in [0.717, 1.165) is 17.2 Å². The highest BCUT2D eigenvalue weighted by Gasteiger charge is 2.18. The van der Waals surface area contributed by atoms with Gasteiger partial charge in [-0.3, -0.25) is 0 Å². The van der Waals surface area contributed by atoms with Gasteiger partial charge in [0.15, 0.2) is 0 Å². The van der Waals surface area contributed by atoms with Gasteiger partial charge in [-0.2, -0.15) is 0 Å². The Hall–Kier alpha value is -3.72. The van der Waals surface area contributed by atoms with Crippen LogP contribution >= 0.6 is 11.3 Å². The molecule has 0 radical (unpaired) electrons. The number of anilines is 1. The van der Waals surface area contributed by atoms with Crippen LogP contribution in [0.15, 0.2) is 48.0 Å². The standard InChI is InChI=1S/C25H22F2N2O4S.CH4/c1-3-31-25(30)21-10-29-24(28)22-16(13-34-23(21)22)12-33-20-5-14(2)4-19(9-20)32-11-15-6-17(26)8-18(27)7-15;/h4-10,13H,3,11-12H2,1-2H3,(H2,28,29);1H4. The topological polar surface area (TPSA) is 83.7 Å². The lowest BCUT2D eigenvalue weighted by molar-refractivity contribution is 0.0528. The van der Waals surface area contributed by atoms with Crippen molar-refractivity contribution in [3.63, 3.8) is 0 Å². The van der Waals surface area contributed by atoms with Crippen LogP contribution in [0.2, 0.25) is 0 Å². The predicted octanol–water partition coefficient (Wildman–Crippen LogP) is 6.44. The summed E-state index contributed by atoms with van der Waals surface area (Å²) in [5.41, 5.74) is 8.51. The fourth-order valence-electron chi connectivity index (χ4n) is 3.49. The number of fused-ring (bicyclic) bond motifs is 1. The van der Waals surface area contributed by atoms with E-state index in [4.69, 9.17) is 19.9 Å². The van der Waals surface area contributed by atoms with Crippen molar-refractivity contribution in [1.82, 2.24) is 4.98 Å². The van der Waals surface area contributed by atoms with Crippen LogP contribution in [0.25, 0.3) is 10.1 Å². The maximum absolute atomic E-state index is 13.4. The molecule has 0 saturated heterocycles. The highest BCUT2D eigenvalue weighted by atomic mass is 32.1. The zero-order chi connectivity index (χ0) is 24.2. The number of carbonyl (C=O) groups excluding carboxylic acids is 1. The molecule has 0 aliphatic carbocycles. The number of benzene rings is 2. The summed E-state index contributed by atoms with van der Waals surface area (Å²) >= 11 is 1.37. The zero-order valence-corrected chi connectivity index (χ0v) is 19.4. The predicted molar refractivity (Wildman–Crippen MR) is 133 cm³/mol. The number of halogens is 2. The maximum atomic E-state index is 13.4. The van der Waals surface area contributed by atoms with Gasteiger partial charge in [0.2, 0.25) is 0 Å². The second-order valence-corrected chi connectivity index (χ2v) is 8.46. The van der Waals surface area contributed by atoms with E-state index in [9.17, 15) is 13.6 Å². The number of nitrogen functional groups attached to an aromatic ring is 1. The number of aromatic nitrogens is 1. The van der Waals surface area contributed by atoms with Crippen LogP contribution in [0.3, 0.4) is 0 Å². The fourth-order valence-corrected chi connectivity index (χ4v) is 4.56. The molecular weight excluding hydrogens is 474 g/mol. The van der Waals surface area contributed by atoms with Crippen LogP contribution in [0.1, 0.15) is 41.4 Å². The fraction of sp³-hybridized carbons (Fsp3) is 0.231. The van der Waals surface area contributed by atoms with E-state index in [-0.39, 0.29) is 27.2 Å². The Kier molecular flexibility index (Phi) is 8.24. The van der Waals surface area contributed by atoms with Crippen molar-refractivity contribution < 1.29 is 27.8 Å². The number of aryl methyl sites for hydroxylation is 1. The third-order valence-corrected chi connectivity index (χ3v) is 6.00. The molecule has 6 nitrogen and oxygen atoms in total. The molecule has 0 unspecified atom stereocenters. The first kappa shape index (κ1) is 25.9. The summed E-state index contributed by atoms with van der Waals surface area (Å²) in [6, 6.07) is 8.60. The van der Waals surface area contributed by atoms with Crippen molar-refractivity contribution >= 4 is 33.2 Å². The molecule has 35 heavy (non-hydrogen) atoms. The van der Waals surface area contributed by atoms with Crippen LogP contribution in [-0.4, -0.2) is 17.6 Å². The molecule has 4 rings (SSSR count). The molecule has 2 N–H and O–H groups in total. The summed E-state index contributed by atoms with van der Waals surface area (Å²) in [6.07, 6.45) is 1.42. The van der Waals surface area contributed by atoms with Gasteiger partial charge in [-0.05, 0) is 54.6 Å². The summed E-state index contributed by atoms with van der Waals surface area (Å²) in [5.74, 6) is -0.413. The molecular formula is C26H26F2N2O4S. The minimum Gasteiger partial charge on any atom is -0.489 e. The number of nitrogens with two attached hydrogens (primary N) is 1. The Morgan fingerprint density at radius 2 is 1.69 bits per heavy atom. The molecule has 0 atom stereocenters. The Balaban J connectivity index is 0.00000342. The van der Waals surface area contributed by atoms with Crippen molar-refractivity contribution in [2.24, 2.45) is 0 Å². The minimum absolute atomic E-state index is 0. The maximum Gasteiger partial charge on any atom is 0.341 e. The number of ether oxygens (including phenoxy) is 3. The van der Waals surface area contributed by atoms with Gasteiger partial charge in [-0.1, -0.05) is 7.43 Å². The van der Waals surface area contributed by atoms with Crippen LogP contribution in [0.5, 0.6) is 11.5 Å². The van der Waals surface area contributed by atoms with Crippen LogP contribution < -0.4 is 15.2 Å². The van der Waals surface area contributed by atoms with E-state index in [1.807, 2.05) is 18.4 Å². The average molecular weight is 501 g/mol. The van der Waals surface area contributed by atoms with Crippen molar-refractivity contribution in [1.29, 1.82) is 0 Å². The largest absolute Gasteiger partial charge is 0.489 e. The Morgan fingerprint density at radius 1 is 1.03 bits per heavy atom. The third-order valence-electron chi connectivity index (χ3n) is 4.94. The molecule has 184 valence electrons. The van der Waals surface area contributed by atoms with Gasteiger partial charge in [0, 0.05) is 29.3 Å². The molecule has 0 fully saturated rings. The first-order valence-electron chi connectivity index (χ1n) is 10.5. The quantitative estimate of drug-likeness (QED) is 0.281. The van der Waals surface area contributed by atoms with E-state index >= 15 is 0 Å². The third kappa shape index (κ3) is 6.05. The van der Waals surface area contributed by atoms with E-state index in [0.29, 0.717) is 38.5 Å². The van der Waals surface area contributed by atoms with E-state index in [2.05, 4.69) is 4.98 Å². The first-order valence-corrected chi connectivity index (χ1v) is 11.4. The molecule has 0 saturated carbocycles. The van der Waals surface area contributed by atoms with Gasteiger partial charge in [0.1, 0.15) is 42.2 Å². The second-order valence-electron chi connectivity index (χ2n) is 7.58. The van der Waals surface area contributed by atoms with Gasteiger partial charge in [0.25, 0.3) is 0 Å². The van der Waals surface area contributed by atoms with E-state index in [1.54, 1.807) is 19.1 Å². The number of rotatable bonds is 8. The summed E-state index contributed by atoms with van der Waals surface area (Å²) in [4.78, 5) is 16.4. The van der Waals surface area contributed by atoms with E-state index < -0.39 is 17.6 Å². The molecule has 0 aliphatic rings. The zero-order valence-electron chi connectivity index (χ0n) is 18.6. The number of carbonyl (C=O) groups is 1. The minimum atomic E-state index is -0.658. The molecule has 9 heteroatoms. The molecule has 2 heterocycles. The average Bonchev–Trinajstić information content (AvgIpc) is 3.21. The van der Waals surface area contributed by atoms with Gasteiger partial charge in [-0.15, -0.1) is 11.3 Å². The molecule has 2 aromatic carbocycles. The summed E-state index contributed by atoms with van der Waals surface area (Å²) in [7, 11) is 0. The monoisotopic (exact) mass is 500 g/mol. The normalized spacial score (nSPS) is 10.6. The molecule has 0 bridgehead atoms. The van der Waals surface area contributed by atoms with Gasteiger partial charge >= 0.3 is 5.97 Å². The van der Waals surface area contributed by atoms with Crippen molar-refractivity contribution in [2.75, 3.05) is 12.3 Å². The van der Waals surface area contributed by atoms with Gasteiger partial charge in [-0.25, -0.2) is 18.6 Å². The van der Waals surface area contributed by atoms with Gasteiger partial charge < -0.3 is 19.9 Å². The molecule has 0 spiro atoms. The molecule has 2 aromatic heterocycles. The number of pyridine rings is 1. The van der Waals surface area contributed by atoms with E-state index in [1.165, 1.54) is 29.7 Å². The number of hydrogen-bond acceptors (Lipinski definition) is 7.